The van der Waals surface area contributed by atoms with Crippen LogP contribution in [-0.4, -0.2) is 35.7 Å². The van der Waals surface area contributed by atoms with Crippen LogP contribution in [0.3, 0.4) is 0 Å². The van der Waals surface area contributed by atoms with Crippen LogP contribution in [0.5, 0.6) is 0 Å². The number of nitrogens with two attached hydrogens (primary N) is 1. The van der Waals surface area contributed by atoms with Gasteiger partial charge < -0.3 is 10.6 Å². The first-order chi connectivity index (χ1) is 9.00. The van der Waals surface area contributed by atoms with Gasteiger partial charge in [0, 0.05) is 26.9 Å². The van der Waals surface area contributed by atoms with Gasteiger partial charge in [-0.2, -0.15) is 5.10 Å². The lowest BCUT2D eigenvalue weighted by Crippen LogP contribution is -2.26. The zero-order chi connectivity index (χ0) is 14.3. The SMILES string of the molecule is CN(C)C(=O)CC/C(=N\NC(N)=S)c1ccccc1. The zero-order valence-corrected chi connectivity index (χ0v) is 11.9. The third kappa shape index (κ3) is 5.48. The number of rotatable bonds is 5. The van der Waals surface area contributed by atoms with Crippen molar-refractivity contribution in [2.45, 2.75) is 12.8 Å². The highest BCUT2D eigenvalue weighted by Crippen LogP contribution is 2.07. The topological polar surface area (TPSA) is 70.7 Å². The number of amides is 1. The summed E-state index contributed by atoms with van der Waals surface area (Å²) in [7, 11) is 3.46. The second-order valence-corrected chi connectivity index (χ2v) is 4.63. The van der Waals surface area contributed by atoms with Crippen molar-refractivity contribution in [1.29, 1.82) is 0 Å². The monoisotopic (exact) mass is 278 g/mol. The lowest BCUT2D eigenvalue weighted by atomic mass is 10.1. The van der Waals surface area contributed by atoms with Gasteiger partial charge in [-0.05, 0) is 17.8 Å². The summed E-state index contributed by atoms with van der Waals surface area (Å²) in [5.41, 5.74) is 9.63. The molecule has 0 radical (unpaired) electrons. The summed E-state index contributed by atoms with van der Waals surface area (Å²) in [6.45, 7) is 0. The first-order valence-corrected chi connectivity index (χ1v) is 6.29. The van der Waals surface area contributed by atoms with Gasteiger partial charge in [-0.15, -0.1) is 0 Å². The Balaban J connectivity index is 2.79. The van der Waals surface area contributed by atoms with Gasteiger partial charge in [-0.3, -0.25) is 10.2 Å². The number of hydrogen-bond acceptors (Lipinski definition) is 3. The lowest BCUT2D eigenvalue weighted by molar-refractivity contribution is -0.128. The number of nitrogens with one attached hydrogen (secondary N) is 1. The van der Waals surface area contributed by atoms with Gasteiger partial charge in [0.25, 0.3) is 0 Å². The number of hydrogen-bond donors (Lipinski definition) is 2. The average molecular weight is 278 g/mol. The van der Waals surface area contributed by atoms with Crippen LogP contribution in [-0.2, 0) is 4.79 Å². The Morgan fingerprint density at radius 1 is 1.32 bits per heavy atom. The van der Waals surface area contributed by atoms with E-state index in [0.717, 1.165) is 11.3 Å². The summed E-state index contributed by atoms with van der Waals surface area (Å²) in [4.78, 5) is 13.2. The highest BCUT2D eigenvalue weighted by Gasteiger charge is 2.09. The summed E-state index contributed by atoms with van der Waals surface area (Å²) in [5, 5.41) is 4.26. The second-order valence-electron chi connectivity index (χ2n) is 4.19. The predicted octanol–water partition coefficient (Wildman–Crippen LogP) is 1.09. The Morgan fingerprint density at radius 2 is 1.95 bits per heavy atom. The van der Waals surface area contributed by atoms with Crippen LogP contribution in [0.25, 0.3) is 0 Å². The minimum Gasteiger partial charge on any atom is -0.375 e. The van der Waals surface area contributed by atoms with Crippen molar-refractivity contribution in [3.8, 4) is 0 Å². The summed E-state index contributed by atoms with van der Waals surface area (Å²) < 4.78 is 0. The van der Waals surface area contributed by atoms with Crippen LogP contribution >= 0.6 is 12.2 Å². The molecule has 0 aliphatic rings. The van der Waals surface area contributed by atoms with Gasteiger partial charge >= 0.3 is 0 Å². The Bertz CT molecular complexity index is 471. The van der Waals surface area contributed by atoms with E-state index >= 15 is 0 Å². The Kier molecular flexibility index (Phi) is 5.95. The van der Waals surface area contributed by atoms with Crippen molar-refractivity contribution in [3.05, 3.63) is 35.9 Å². The zero-order valence-electron chi connectivity index (χ0n) is 11.1. The van der Waals surface area contributed by atoms with Crippen LogP contribution in [0, 0.1) is 0 Å². The van der Waals surface area contributed by atoms with Crippen molar-refractivity contribution < 1.29 is 4.79 Å². The first kappa shape index (κ1) is 15.1. The van der Waals surface area contributed by atoms with Crippen molar-refractivity contribution in [2.24, 2.45) is 10.8 Å². The van der Waals surface area contributed by atoms with Gasteiger partial charge in [0.2, 0.25) is 5.91 Å². The van der Waals surface area contributed by atoms with Crippen LogP contribution in [0.2, 0.25) is 0 Å². The molecule has 0 bridgehead atoms. The molecule has 19 heavy (non-hydrogen) atoms. The molecule has 1 aromatic carbocycles. The fourth-order valence-corrected chi connectivity index (χ4v) is 1.51. The minimum absolute atomic E-state index is 0.0546. The maximum absolute atomic E-state index is 11.6. The summed E-state index contributed by atoms with van der Waals surface area (Å²) in [6.07, 6.45) is 0.913. The molecular formula is C13H18N4OS. The molecule has 5 nitrogen and oxygen atoms in total. The largest absolute Gasteiger partial charge is 0.375 e. The average Bonchev–Trinajstić information content (AvgIpc) is 2.39. The lowest BCUT2D eigenvalue weighted by Gasteiger charge is -2.11. The Labute approximate surface area is 118 Å². The highest BCUT2D eigenvalue weighted by molar-refractivity contribution is 7.80. The normalized spacial score (nSPS) is 10.9. The van der Waals surface area contributed by atoms with Gasteiger partial charge in [-0.1, -0.05) is 30.3 Å². The van der Waals surface area contributed by atoms with E-state index in [0.29, 0.717) is 12.8 Å². The molecule has 0 heterocycles. The van der Waals surface area contributed by atoms with Gasteiger partial charge in [0.1, 0.15) is 0 Å². The molecule has 0 fully saturated rings. The fraction of sp³-hybridized carbons (Fsp3) is 0.308. The van der Waals surface area contributed by atoms with Crippen LogP contribution in [0.15, 0.2) is 35.4 Å². The predicted molar refractivity (Wildman–Crippen MR) is 80.8 cm³/mol. The molecule has 1 aromatic rings. The van der Waals surface area contributed by atoms with Crippen LogP contribution in [0.4, 0.5) is 0 Å². The second kappa shape index (κ2) is 7.48. The molecule has 0 saturated carbocycles. The van der Waals surface area contributed by atoms with E-state index in [-0.39, 0.29) is 11.0 Å². The Morgan fingerprint density at radius 3 is 2.47 bits per heavy atom. The van der Waals surface area contributed by atoms with Crippen molar-refractivity contribution in [1.82, 2.24) is 10.3 Å². The molecule has 0 aromatic heterocycles. The van der Waals surface area contributed by atoms with Crippen molar-refractivity contribution in [3.63, 3.8) is 0 Å². The third-order valence-electron chi connectivity index (χ3n) is 2.48. The Hall–Kier alpha value is -1.95. The third-order valence-corrected chi connectivity index (χ3v) is 2.57. The smallest absolute Gasteiger partial charge is 0.222 e. The van der Waals surface area contributed by atoms with Crippen molar-refractivity contribution >= 4 is 28.9 Å². The minimum atomic E-state index is 0.0546. The number of carbonyl (C=O) groups excluding carboxylic acids is 1. The molecule has 0 saturated heterocycles. The number of nitrogens with zero attached hydrogens (tertiary/aromatic N) is 2. The van der Waals surface area contributed by atoms with Gasteiger partial charge in [-0.25, -0.2) is 0 Å². The fourth-order valence-electron chi connectivity index (χ4n) is 1.47. The molecule has 1 rings (SSSR count). The van der Waals surface area contributed by atoms with E-state index in [1.54, 1.807) is 19.0 Å². The van der Waals surface area contributed by atoms with Crippen LogP contribution < -0.4 is 11.2 Å². The van der Waals surface area contributed by atoms with Crippen LogP contribution in [0.1, 0.15) is 18.4 Å². The van der Waals surface area contributed by atoms with Crippen molar-refractivity contribution in [2.75, 3.05) is 14.1 Å². The summed E-state index contributed by atoms with van der Waals surface area (Å²) >= 11 is 4.73. The number of benzene rings is 1. The summed E-state index contributed by atoms with van der Waals surface area (Å²) in [6, 6.07) is 9.62. The maximum atomic E-state index is 11.6. The molecule has 102 valence electrons. The quantitative estimate of drug-likeness (QED) is 0.480. The maximum Gasteiger partial charge on any atom is 0.222 e. The summed E-state index contributed by atoms with van der Waals surface area (Å²) in [5.74, 6) is 0.0546. The van der Waals surface area contributed by atoms with E-state index in [1.807, 2.05) is 30.3 Å². The molecule has 0 atom stereocenters. The standard InChI is InChI=1S/C13H18N4OS/c1-17(2)12(18)9-8-11(15-16-13(14)19)10-6-4-3-5-7-10/h3-7H,8-9H2,1-2H3,(H3,14,16,19)/b15-11+. The van der Waals surface area contributed by atoms with Gasteiger partial charge in [0.05, 0.1) is 5.71 Å². The highest BCUT2D eigenvalue weighted by atomic mass is 32.1. The van der Waals surface area contributed by atoms with E-state index in [2.05, 4.69) is 10.5 Å². The molecule has 6 heteroatoms. The molecular weight excluding hydrogens is 260 g/mol. The molecule has 0 spiro atoms. The van der Waals surface area contributed by atoms with E-state index in [9.17, 15) is 4.79 Å². The number of hydrazone groups is 1. The molecule has 0 aliphatic carbocycles. The molecule has 0 aliphatic heterocycles. The molecule has 3 N–H and O–H groups in total. The molecule has 0 unspecified atom stereocenters. The number of carbonyl (C=O) groups is 1. The van der Waals surface area contributed by atoms with E-state index in [4.69, 9.17) is 18.0 Å². The first-order valence-electron chi connectivity index (χ1n) is 5.88. The molecule has 1 amide bonds. The number of thiocarbonyl (C=S) groups is 1. The van der Waals surface area contributed by atoms with E-state index < -0.39 is 0 Å². The van der Waals surface area contributed by atoms with E-state index in [1.165, 1.54) is 0 Å². The van der Waals surface area contributed by atoms with Gasteiger partial charge in [0.15, 0.2) is 5.11 Å².